The van der Waals surface area contributed by atoms with Crippen LogP contribution < -0.4 is 0 Å². The standard InChI is InChI=1S/C22H23NO2/c1-15-10-12-17(13-11-15)22-19-8-4-3-7-18(19)21(24)23(22)20-9-5-2-6-16(20)14-25-22/h3-4,7-8,10-13,16,20H,2,5-6,9,14H2,1H3/t16-,20+,22-/m0/s1. The lowest BCUT2D eigenvalue weighted by atomic mass is 9.80. The van der Waals surface area contributed by atoms with Crippen LogP contribution in [0, 0.1) is 12.8 Å². The smallest absolute Gasteiger partial charge is 0.257 e. The van der Waals surface area contributed by atoms with Crippen molar-refractivity contribution in [2.45, 2.75) is 44.4 Å². The molecule has 0 bridgehead atoms. The van der Waals surface area contributed by atoms with Gasteiger partial charge in [-0.15, -0.1) is 0 Å². The second-order valence-corrected chi connectivity index (χ2v) is 7.65. The van der Waals surface area contributed by atoms with Gasteiger partial charge in [0.05, 0.1) is 6.61 Å². The van der Waals surface area contributed by atoms with Crippen LogP contribution in [-0.4, -0.2) is 23.5 Å². The van der Waals surface area contributed by atoms with E-state index in [-0.39, 0.29) is 11.9 Å². The number of nitrogens with zero attached hydrogens (tertiary/aromatic N) is 1. The van der Waals surface area contributed by atoms with Gasteiger partial charge in [0.2, 0.25) is 0 Å². The number of ether oxygens (including phenoxy) is 1. The zero-order valence-corrected chi connectivity index (χ0v) is 14.6. The SMILES string of the molecule is Cc1ccc([C@@]23OC[C@@H]4CCCC[C@H]4N2C(=O)c2ccccc23)cc1. The third-order valence-corrected chi connectivity index (χ3v) is 6.23. The zero-order valence-electron chi connectivity index (χ0n) is 14.6. The Morgan fingerprint density at radius 3 is 2.64 bits per heavy atom. The molecule has 2 aromatic carbocycles. The number of aryl methyl sites for hydroxylation is 1. The average Bonchev–Trinajstić information content (AvgIpc) is 2.93. The first-order valence-corrected chi connectivity index (χ1v) is 9.36. The predicted octanol–water partition coefficient (Wildman–Crippen LogP) is 4.24. The van der Waals surface area contributed by atoms with Gasteiger partial charge in [0.15, 0.2) is 5.72 Å². The molecule has 2 heterocycles. The molecule has 0 N–H and O–H groups in total. The Hall–Kier alpha value is -2.13. The molecule has 25 heavy (non-hydrogen) atoms. The molecule has 1 aliphatic carbocycles. The molecule has 2 fully saturated rings. The van der Waals surface area contributed by atoms with E-state index in [1.54, 1.807) is 0 Å². The van der Waals surface area contributed by atoms with Crippen LogP contribution in [0.4, 0.5) is 0 Å². The van der Waals surface area contributed by atoms with Crippen molar-refractivity contribution in [2.75, 3.05) is 6.61 Å². The molecular formula is C22H23NO2. The van der Waals surface area contributed by atoms with E-state index < -0.39 is 5.72 Å². The van der Waals surface area contributed by atoms with Gasteiger partial charge in [-0.25, -0.2) is 0 Å². The summed E-state index contributed by atoms with van der Waals surface area (Å²) < 4.78 is 6.59. The first-order chi connectivity index (χ1) is 12.2. The third kappa shape index (κ3) is 1.99. The first-order valence-electron chi connectivity index (χ1n) is 9.36. The van der Waals surface area contributed by atoms with Gasteiger partial charge in [-0.3, -0.25) is 9.69 Å². The summed E-state index contributed by atoms with van der Waals surface area (Å²) in [6.45, 7) is 2.82. The van der Waals surface area contributed by atoms with Crippen molar-refractivity contribution in [1.82, 2.24) is 4.90 Å². The number of carbonyl (C=O) groups excluding carboxylic acids is 1. The lowest BCUT2D eigenvalue weighted by Gasteiger charge is -2.52. The van der Waals surface area contributed by atoms with Crippen molar-refractivity contribution in [2.24, 2.45) is 5.92 Å². The summed E-state index contributed by atoms with van der Waals surface area (Å²) in [5, 5.41) is 0. The molecule has 0 spiro atoms. The maximum Gasteiger partial charge on any atom is 0.257 e. The molecule has 3 atom stereocenters. The summed E-state index contributed by atoms with van der Waals surface area (Å²) >= 11 is 0. The second kappa shape index (κ2) is 5.43. The second-order valence-electron chi connectivity index (χ2n) is 7.65. The molecule has 2 aliphatic heterocycles. The Bertz CT molecular complexity index is 828. The molecule has 3 nitrogen and oxygen atoms in total. The molecule has 0 unspecified atom stereocenters. The van der Waals surface area contributed by atoms with Crippen LogP contribution in [0.3, 0.4) is 0 Å². The Morgan fingerprint density at radius 1 is 1.04 bits per heavy atom. The largest absolute Gasteiger partial charge is 0.347 e. The highest BCUT2D eigenvalue weighted by Crippen LogP contribution is 2.52. The quantitative estimate of drug-likeness (QED) is 0.781. The first kappa shape index (κ1) is 15.2. The fourth-order valence-electron chi connectivity index (χ4n) is 5.01. The monoisotopic (exact) mass is 333 g/mol. The normalized spacial score (nSPS) is 30.6. The number of hydrogen-bond acceptors (Lipinski definition) is 2. The lowest BCUT2D eigenvalue weighted by Crippen LogP contribution is -2.60. The van der Waals surface area contributed by atoms with Crippen molar-refractivity contribution in [1.29, 1.82) is 0 Å². The van der Waals surface area contributed by atoms with Gasteiger partial charge in [-0.05, 0) is 25.8 Å². The fourth-order valence-corrected chi connectivity index (χ4v) is 5.01. The summed E-state index contributed by atoms with van der Waals surface area (Å²) in [5.74, 6) is 0.596. The van der Waals surface area contributed by atoms with E-state index in [1.807, 2.05) is 18.2 Å². The number of carbonyl (C=O) groups is 1. The average molecular weight is 333 g/mol. The van der Waals surface area contributed by atoms with Gasteiger partial charge in [0.1, 0.15) is 0 Å². The number of rotatable bonds is 1. The molecule has 3 heteroatoms. The predicted molar refractivity (Wildman–Crippen MR) is 96.3 cm³/mol. The van der Waals surface area contributed by atoms with E-state index in [9.17, 15) is 4.79 Å². The number of hydrogen-bond donors (Lipinski definition) is 0. The van der Waals surface area contributed by atoms with Crippen molar-refractivity contribution < 1.29 is 9.53 Å². The van der Waals surface area contributed by atoms with E-state index in [0.717, 1.165) is 36.1 Å². The minimum atomic E-state index is -0.750. The zero-order chi connectivity index (χ0) is 17.0. The van der Waals surface area contributed by atoms with Crippen LogP contribution in [0.1, 0.15) is 52.7 Å². The van der Waals surface area contributed by atoms with Gasteiger partial charge in [-0.2, -0.15) is 0 Å². The van der Waals surface area contributed by atoms with Crippen molar-refractivity contribution in [3.63, 3.8) is 0 Å². The van der Waals surface area contributed by atoms with E-state index in [0.29, 0.717) is 5.92 Å². The van der Waals surface area contributed by atoms with E-state index in [2.05, 4.69) is 42.2 Å². The fraction of sp³-hybridized carbons (Fsp3) is 0.409. The third-order valence-electron chi connectivity index (χ3n) is 6.23. The molecule has 5 rings (SSSR count). The van der Waals surface area contributed by atoms with E-state index >= 15 is 0 Å². The van der Waals surface area contributed by atoms with Gasteiger partial charge < -0.3 is 4.74 Å². The highest BCUT2D eigenvalue weighted by Gasteiger charge is 2.58. The maximum atomic E-state index is 13.4. The summed E-state index contributed by atoms with van der Waals surface area (Å²) in [5.41, 5.74) is 3.35. The molecule has 128 valence electrons. The van der Waals surface area contributed by atoms with Crippen LogP contribution in [0.2, 0.25) is 0 Å². The number of fused-ring (bicyclic) bond motifs is 5. The van der Waals surface area contributed by atoms with Gasteiger partial charge in [0, 0.05) is 28.7 Å². The van der Waals surface area contributed by atoms with Crippen LogP contribution in [0.25, 0.3) is 0 Å². The minimum Gasteiger partial charge on any atom is -0.347 e. The molecule has 1 amide bonds. The molecule has 2 aromatic rings. The number of benzene rings is 2. The minimum absolute atomic E-state index is 0.132. The summed E-state index contributed by atoms with van der Waals surface area (Å²) in [7, 11) is 0. The highest BCUT2D eigenvalue weighted by molar-refractivity contribution is 6.00. The summed E-state index contributed by atoms with van der Waals surface area (Å²) in [6.07, 6.45) is 4.69. The maximum absolute atomic E-state index is 13.4. The van der Waals surface area contributed by atoms with Crippen molar-refractivity contribution in [3.8, 4) is 0 Å². The van der Waals surface area contributed by atoms with Gasteiger partial charge >= 0.3 is 0 Å². The van der Waals surface area contributed by atoms with Crippen LogP contribution in [0.15, 0.2) is 48.5 Å². The Labute approximate surface area is 148 Å². The molecular weight excluding hydrogens is 310 g/mol. The Morgan fingerprint density at radius 2 is 1.80 bits per heavy atom. The molecule has 1 saturated carbocycles. The topological polar surface area (TPSA) is 29.5 Å². The van der Waals surface area contributed by atoms with Crippen LogP contribution >= 0.6 is 0 Å². The molecule has 0 aromatic heterocycles. The van der Waals surface area contributed by atoms with Gasteiger partial charge in [0.25, 0.3) is 5.91 Å². The summed E-state index contributed by atoms with van der Waals surface area (Å²) in [6, 6.07) is 16.8. The van der Waals surface area contributed by atoms with Crippen molar-refractivity contribution in [3.05, 3.63) is 70.8 Å². The van der Waals surface area contributed by atoms with Gasteiger partial charge in [-0.1, -0.05) is 60.9 Å². The molecule has 3 aliphatic rings. The van der Waals surface area contributed by atoms with E-state index in [4.69, 9.17) is 4.74 Å². The lowest BCUT2D eigenvalue weighted by molar-refractivity contribution is -0.189. The Balaban J connectivity index is 1.74. The number of amides is 1. The molecule has 0 radical (unpaired) electrons. The Kier molecular flexibility index (Phi) is 3.29. The van der Waals surface area contributed by atoms with Crippen molar-refractivity contribution >= 4 is 5.91 Å². The van der Waals surface area contributed by atoms with E-state index in [1.165, 1.54) is 18.4 Å². The van der Waals surface area contributed by atoms with Crippen LogP contribution in [-0.2, 0) is 10.5 Å². The molecule has 1 saturated heterocycles. The highest BCUT2D eigenvalue weighted by atomic mass is 16.5. The van der Waals surface area contributed by atoms with Crippen LogP contribution in [0.5, 0.6) is 0 Å². The summed E-state index contributed by atoms with van der Waals surface area (Å²) in [4.78, 5) is 15.5.